The van der Waals surface area contributed by atoms with Crippen molar-refractivity contribution in [3.05, 3.63) is 0 Å². The van der Waals surface area contributed by atoms with E-state index in [-0.39, 0.29) is 0 Å². The predicted octanol–water partition coefficient (Wildman–Crippen LogP) is 1.02. The minimum absolute atomic E-state index is 0.836. The van der Waals surface area contributed by atoms with Gasteiger partial charge in [0.15, 0.2) is 2.94 Å². The molecule has 0 aromatic rings. The number of thiol groups is 1. The van der Waals surface area contributed by atoms with Crippen LogP contribution in [0.2, 0.25) is 0 Å². The molecule has 0 aliphatic heterocycles. The molecule has 0 bridgehead atoms. The number of alkyl halides is 1. The van der Waals surface area contributed by atoms with Gasteiger partial charge in [-0.3, -0.25) is 0 Å². The van der Waals surface area contributed by atoms with Gasteiger partial charge in [0, 0.05) is 0 Å². The highest BCUT2D eigenvalue weighted by Gasteiger charge is 2.02. The molecule has 1 nitrogen and oxygen atoms in total. The van der Waals surface area contributed by atoms with Crippen LogP contribution in [0, 0.1) is 0 Å². The molecule has 0 rings (SSSR count). The average molecular weight is 204 g/mol. The van der Waals surface area contributed by atoms with Gasteiger partial charge in [0.05, 0.1) is 0 Å². The molecule has 1 atom stereocenters. The van der Waals surface area contributed by atoms with E-state index in [1.807, 2.05) is 0 Å². The predicted molar refractivity (Wildman–Crippen MR) is 33.6 cm³/mol. The summed E-state index contributed by atoms with van der Waals surface area (Å²) in [5.74, 6) is 0. The zero-order chi connectivity index (χ0) is 4.50. The highest BCUT2D eigenvalue weighted by atomic mass is 127. The van der Waals surface area contributed by atoms with Gasteiger partial charge >= 0.3 is 0 Å². The summed E-state index contributed by atoms with van der Waals surface area (Å²) in [6.07, 6.45) is 0. The zero-order valence-electron chi connectivity index (χ0n) is 2.77. The van der Waals surface area contributed by atoms with Gasteiger partial charge in [-0.2, -0.15) is 0 Å². The number of rotatable bonds is 0. The molecule has 0 heterocycles. The highest BCUT2D eigenvalue weighted by Crippen LogP contribution is 2.16. The smallest absolute Gasteiger partial charge is 0.156 e. The molecular formula is C2H5IOS. The molecule has 0 amide bonds. The lowest BCUT2D eigenvalue weighted by molar-refractivity contribution is 0.270. The van der Waals surface area contributed by atoms with Gasteiger partial charge in [-0.25, -0.2) is 0 Å². The quantitative estimate of drug-likeness (QED) is 0.261. The fraction of sp³-hybridized carbons (Fsp3) is 1.00. The maximum Gasteiger partial charge on any atom is 0.156 e. The Hall–Kier alpha value is 1.04. The van der Waals surface area contributed by atoms with Gasteiger partial charge in [0.2, 0.25) is 0 Å². The van der Waals surface area contributed by atoms with Crippen LogP contribution in [0.3, 0.4) is 0 Å². The number of hydrogen-bond acceptors (Lipinski definition) is 2. The molecule has 0 aliphatic carbocycles. The topological polar surface area (TPSA) is 20.2 Å². The Balaban J connectivity index is 3.02. The van der Waals surface area contributed by atoms with Gasteiger partial charge in [-0.05, 0) is 29.5 Å². The van der Waals surface area contributed by atoms with Crippen LogP contribution in [0.1, 0.15) is 6.92 Å². The standard InChI is InChI=1S/C2H5IOS/c1-2(3,4)5/h4-5H,1H3. The van der Waals surface area contributed by atoms with Crippen LogP contribution < -0.4 is 0 Å². The first-order valence-corrected chi connectivity index (χ1v) is 2.66. The molecule has 5 heavy (non-hydrogen) atoms. The van der Waals surface area contributed by atoms with Crippen LogP contribution >= 0.6 is 35.2 Å². The van der Waals surface area contributed by atoms with Gasteiger partial charge in [0.25, 0.3) is 0 Å². The lowest BCUT2D eigenvalue weighted by Gasteiger charge is -2.00. The lowest BCUT2D eigenvalue weighted by Crippen LogP contribution is -1.99. The number of halogens is 1. The lowest BCUT2D eigenvalue weighted by atomic mass is 10.9. The molecule has 0 aromatic carbocycles. The summed E-state index contributed by atoms with van der Waals surface area (Å²) in [6, 6.07) is 0. The molecule has 0 radical (unpaired) electrons. The fourth-order valence-electron chi connectivity index (χ4n) is 0. The fourth-order valence-corrected chi connectivity index (χ4v) is 0. The summed E-state index contributed by atoms with van der Waals surface area (Å²) >= 11 is 5.46. The molecule has 32 valence electrons. The first-order valence-electron chi connectivity index (χ1n) is 1.14. The molecule has 0 saturated heterocycles. The summed E-state index contributed by atoms with van der Waals surface area (Å²) in [5, 5.41) is 8.37. The Morgan fingerprint density at radius 1 is 2.00 bits per heavy atom. The van der Waals surface area contributed by atoms with E-state index in [4.69, 9.17) is 5.11 Å². The monoisotopic (exact) mass is 204 g/mol. The molecular weight excluding hydrogens is 199 g/mol. The van der Waals surface area contributed by atoms with E-state index >= 15 is 0 Å². The highest BCUT2D eigenvalue weighted by molar-refractivity contribution is 14.1. The van der Waals surface area contributed by atoms with Crippen LogP contribution in [0.25, 0.3) is 0 Å². The second-order valence-electron chi connectivity index (χ2n) is 0.905. The Morgan fingerprint density at radius 3 is 2.00 bits per heavy atom. The average Bonchev–Trinajstić information content (AvgIpc) is 0.722. The number of aliphatic hydroxyl groups is 1. The summed E-state index contributed by atoms with van der Waals surface area (Å²) in [6.45, 7) is 1.59. The van der Waals surface area contributed by atoms with Crippen LogP contribution in [0.15, 0.2) is 0 Å². The van der Waals surface area contributed by atoms with E-state index in [0.717, 1.165) is 0 Å². The Bertz CT molecular complexity index is 25.1. The van der Waals surface area contributed by atoms with E-state index in [9.17, 15) is 0 Å². The van der Waals surface area contributed by atoms with Crippen LogP contribution in [-0.4, -0.2) is 8.05 Å². The van der Waals surface area contributed by atoms with Crippen molar-refractivity contribution >= 4 is 35.2 Å². The molecule has 0 aromatic heterocycles. The normalized spacial score (nSPS) is 21.6. The zero-order valence-corrected chi connectivity index (χ0v) is 5.82. The summed E-state index contributed by atoms with van der Waals surface area (Å²) in [5.41, 5.74) is 0. The Morgan fingerprint density at radius 2 is 2.00 bits per heavy atom. The van der Waals surface area contributed by atoms with Gasteiger partial charge in [0.1, 0.15) is 0 Å². The maximum atomic E-state index is 8.37. The van der Waals surface area contributed by atoms with E-state index in [0.29, 0.717) is 0 Å². The third kappa shape index (κ3) is 43.1. The molecule has 0 saturated carbocycles. The summed E-state index contributed by atoms with van der Waals surface area (Å²) in [7, 11) is 0. The SMILES string of the molecule is CC(O)(S)I. The largest absolute Gasteiger partial charge is 0.371 e. The van der Waals surface area contributed by atoms with Crippen molar-refractivity contribution in [1.29, 1.82) is 0 Å². The second kappa shape index (κ2) is 1.66. The molecule has 1 unspecified atom stereocenters. The maximum absolute atomic E-state index is 8.37. The third-order valence-electron chi connectivity index (χ3n) is 0. The van der Waals surface area contributed by atoms with E-state index in [1.54, 1.807) is 29.5 Å². The third-order valence-corrected chi connectivity index (χ3v) is 0. The van der Waals surface area contributed by atoms with E-state index < -0.39 is 2.94 Å². The van der Waals surface area contributed by atoms with Gasteiger partial charge in [-0.1, -0.05) is 0 Å². The van der Waals surface area contributed by atoms with E-state index in [1.165, 1.54) is 0 Å². The minimum Gasteiger partial charge on any atom is -0.371 e. The van der Waals surface area contributed by atoms with Gasteiger partial charge < -0.3 is 5.11 Å². The molecule has 1 N–H and O–H groups in total. The van der Waals surface area contributed by atoms with Crippen LogP contribution in [0.4, 0.5) is 0 Å². The molecule has 0 fully saturated rings. The number of hydrogen-bond donors (Lipinski definition) is 2. The van der Waals surface area contributed by atoms with Crippen molar-refractivity contribution in [3.8, 4) is 0 Å². The van der Waals surface area contributed by atoms with Crippen LogP contribution in [-0.2, 0) is 0 Å². The summed E-state index contributed by atoms with van der Waals surface area (Å²) < 4.78 is -0.836. The molecule has 0 aliphatic rings. The van der Waals surface area contributed by atoms with E-state index in [2.05, 4.69) is 12.6 Å². The summed E-state index contributed by atoms with van der Waals surface area (Å²) in [4.78, 5) is 0. The van der Waals surface area contributed by atoms with Gasteiger partial charge in [-0.15, -0.1) is 12.6 Å². The Kier molecular flexibility index (Phi) is 2.01. The molecule has 0 spiro atoms. The first kappa shape index (κ1) is 6.04. The first-order chi connectivity index (χ1) is 2.00. The second-order valence-corrected chi connectivity index (χ2v) is 4.73. The minimum atomic E-state index is -0.836. The van der Waals surface area contributed by atoms with Crippen molar-refractivity contribution in [2.45, 2.75) is 9.86 Å². The Labute approximate surface area is 50.3 Å². The van der Waals surface area contributed by atoms with Crippen molar-refractivity contribution in [2.75, 3.05) is 0 Å². The van der Waals surface area contributed by atoms with Crippen molar-refractivity contribution in [1.82, 2.24) is 0 Å². The van der Waals surface area contributed by atoms with Crippen LogP contribution in [0.5, 0.6) is 0 Å². The van der Waals surface area contributed by atoms with Crippen molar-refractivity contribution < 1.29 is 5.11 Å². The molecule has 3 heteroatoms. The van der Waals surface area contributed by atoms with Crippen molar-refractivity contribution in [3.63, 3.8) is 0 Å². The van der Waals surface area contributed by atoms with Crippen molar-refractivity contribution in [2.24, 2.45) is 0 Å².